The molecule has 1 saturated heterocycles. The Balaban J connectivity index is 2.33. The molecule has 1 heterocycles. The Morgan fingerprint density at radius 1 is 1.21 bits per heavy atom. The van der Waals surface area contributed by atoms with E-state index in [1.165, 1.54) is 0 Å². The molecule has 1 aliphatic rings. The first-order chi connectivity index (χ1) is 11.1. The van der Waals surface area contributed by atoms with Gasteiger partial charge in [0.05, 0.1) is 17.3 Å². The van der Waals surface area contributed by atoms with Crippen LogP contribution in [0.25, 0.3) is 0 Å². The number of carbonyl (C=O) groups excluding carboxylic acids is 1. The molecule has 5 nitrogen and oxygen atoms in total. The van der Waals surface area contributed by atoms with Gasteiger partial charge in [-0.25, -0.2) is 0 Å². The van der Waals surface area contributed by atoms with Crippen LogP contribution in [-0.2, 0) is 9.31 Å². The molecule has 1 atom stereocenters. The normalized spacial score (nSPS) is 20.2. The number of aldehydes is 1. The Morgan fingerprint density at radius 3 is 2.29 bits per heavy atom. The predicted molar refractivity (Wildman–Crippen MR) is 93.9 cm³/mol. The van der Waals surface area contributed by atoms with E-state index in [1.54, 1.807) is 18.2 Å². The number of carbonyl (C=O) groups is 1. The van der Waals surface area contributed by atoms with E-state index in [4.69, 9.17) is 14.0 Å². The fourth-order valence-corrected chi connectivity index (χ4v) is 2.37. The summed E-state index contributed by atoms with van der Waals surface area (Å²) in [6.45, 7) is 11.8. The zero-order valence-corrected chi connectivity index (χ0v) is 15.3. The summed E-state index contributed by atoms with van der Waals surface area (Å²) < 4.78 is 17.9. The van der Waals surface area contributed by atoms with Gasteiger partial charge in [0, 0.05) is 11.0 Å². The summed E-state index contributed by atoms with van der Waals surface area (Å²) in [5, 5.41) is 9.98. The lowest BCUT2D eigenvalue weighted by Crippen LogP contribution is -2.41. The van der Waals surface area contributed by atoms with E-state index in [1.807, 2.05) is 41.5 Å². The summed E-state index contributed by atoms with van der Waals surface area (Å²) in [7, 11) is -0.692. The van der Waals surface area contributed by atoms with Gasteiger partial charge in [-0.3, -0.25) is 4.79 Å². The van der Waals surface area contributed by atoms with Crippen LogP contribution in [0.1, 0.15) is 51.9 Å². The van der Waals surface area contributed by atoms with Crippen molar-refractivity contribution in [1.82, 2.24) is 0 Å². The van der Waals surface area contributed by atoms with E-state index in [0.717, 1.165) is 6.29 Å². The van der Waals surface area contributed by atoms with Gasteiger partial charge in [-0.15, -0.1) is 0 Å². The number of aliphatic hydroxyl groups excluding tert-OH is 1. The lowest BCUT2D eigenvalue weighted by molar-refractivity contribution is 0.00578. The van der Waals surface area contributed by atoms with Crippen molar-refractivity contribution in [3.05, 3.63) is 23.8 Å². The first-order valence-corrected chi connectivity index (χ1v) is 8.33. The van der Waals surface area contributed by atoms with Crippen LogP contribution in [0.5, 0.6) is 5.75 Å². The van der Waals surface area contributed by atoms with Gasteiger partial charge in [-0.1, -0.05) is 26.0 Å². The molecule has 132 valence electrons. The SMILES string of the molecule is CC(C)C(O)COc1cccc(C=O)c1B1OC(C)(C)C(C)(C)O1. The molecular weight excluding hydrogens is 307 g/mol. The van der Waals surface area contributed by atoms with E-state index in [0.29, 0.717) is 16.8 Å². The number of hydrogen-bond donors (Lipinski definition) is 1. The van der Waals surface area contributed by atoms with Gasteiger partial charge in [-0.2, -0.15) is 0 Å². The molecule has 0 aromatic heterocycles. The smallest absolute Gasteiger partial charge is 0.491 e. The number of benzene rings is 1. The molecule has 0 saturated carbocycles. The fraction of sp³-hybridized carbons (Fsp3) is 0.611. The second-order valence-corrected chi connectivity index (χ2v) is 7.59. The average Bonchev–Trinajstić information content (AvgIpc) is 2.71. The third-order valence-electron chi connectivity index (χ3n) is 4.89. The van der Waals surface area contributed by atoms with Crippen molar-refractivity contribution >= 4 is 18.9 Å². The zero-order chi connectivity index (χ0) is 18.1. The third kappa shape index (κ3) is 3.66. The Kier molecular flexibility index (Phi) is 5.42. The molecule has 0 aliphatic carbocycles. The first kappa shape index (κ1) is 19.0. The van der Waals surface area contributed by atoms with Gasteiger partial charge in [0.15, 0.2) is 0 Å². The quantitative estimate of drug-likeness (QED) is 0.638. The highest BCUT2D eigenvalue weighted by atomic mass is 16.7. The number of aliphatic hydroxyl groups is 1. The minimum Gasteiger partial charge on any atom is -0.491 e. The standard InChI is InChI=1S/C18H27BO5/c1-12(2)14(21)11-22-15-9-7-8-13(10-20)16(15)19-23-17(3,4)18(5,6)24-19/h7-10,12,14,21H,11H2,1-6H3. The monoisotopic (exact) mass is 334 g/mol. The zero-order valence-electron chi connectivity index (χ0n) is 15.3. The van der Waals surface area contributed by atoms with Crippen LogP contribution in [0, 0.1) is 5.92 Å². The lowest BCUT2D eigenvalue weighted by atomic mass is 9.75. The van der Waals surface area contributed by atoms with Gasteiger partial charge in [0.2, 0.25) is 0 Å². The third-order valence-corrected chi connectivity index (χ3v) is 4.89. The van der Waals surface area contributed by atoms with Crippen LogP contribution in [0.15, 0.2) is 18.2 Å². The van der Waals surface area contributed by atoms with Gasteiger partial charge >= 0.3 is 7.12 Å². The van der Waals surface area contributed by atoms with Crippen molar-refractivity contribution in [1.29, 1.82) is 0 Å². The van der Waals surface area contributed by atoms with Crippen molar-refractivity contribution in [2.45, 2.75) is 58.8 Å². The number of hydrogen-bond acceptors (Lipinski definition) is 5. The molecule has 1 fully saturated rings. The average molecular weight is 334 g/mol. The molecule has 1 unspecified atom stereocenters. The maximum absolute atomic E-state index is 11.5. The summed E-state index contributed by atoms with van der Waals surface area (Å²) in [5.74, 6) is 0.581. The Labute approximate surface area is 144 Å². The fourth-order valence-electron chi connectivity index (χ4n) is 2.37. The van der Waals surface area contributed by atoms with E-state index >= 15 is 0 Å². The minimum absolute atomic E-state index is 0.0829. The molecule has 1 aromatic carbocycles. The molecule has 0 amide bonds. The van der Waals surface area contributed by atoms with Crippen LogP contribution in [0.4, 0.5) is 0 Å². The molecule has 6 heteroatoms. The molecule has 1 aromatic rings. The summed E-state index contributed by atoms with van der Waals surface area (Å²) in [5.41, 5.74) is 0.0113. The Bertz CT molecular complexity index is 581. The molecule has 1 N–H and O–H groups in total. The topological polar surface area (TPSA) is 65.0 Å². The maximum Gasteiger partial charge on any atom is 0.499 e. The Morgan fingerprint density at radius 2 is 1.79 bits per heavy atom. The summed E-state index contributed by atoms with van der Waals surface area (Å²) in [6.07, 6.45) is 0.183. The highest BCUT2D eigenvalue weighted by Crippen LogP contribution is 2.37. The lowest BCUT2D eigenvalue weighted by Gasteiger charge is -2.32. The van der Waals surface area contributed by atoms with E-state index < -0.39 is 24.4 Å². The molecule has 0 spiro atoms. The second kappa shape index (κ2) is 6.86. The van der Waals surface area contributed by atoms with E-state index in [9.17, 15) is 9.90 Å². The molecule has 1 aliphatic heterocycles. The van der Waals surface area contributed by atoms with Crippen LogP contribution in [0.3, 0.4) is 0 Å². The second-order valence-electron chi connectivity index (χ2n) is 7.59. The van der Waals surface area contributed by atoms with Gasteiger partial charge in [-0.05, 0) is 39.7 Å². The van der Waals surface area contributed by atoms with Crippen LogP contribution >= 0.6 is 0 Å². The maximum atomic E-state index is 11.5. The van der Waals surface area contributed by atoms with Crippen LogP contribution in [-0.4, -0.2) is 42.4 Å². The van der Waals surface area contributed by atoms with Gasteiger partial charge < -0.3 is 19.2 Å². The number of rotatable bonds is 6. The highest BCUT2D eigenvalue weighted by Gasteiger charge is 2.53. The summed E-state index contributed by atoms with van der Waals surface area (Å²) >= 11 is 0. The summed E-state index contributed by atoms with van der Waals surface area (Å²) in [4.78, 5) is 11.5. The van der Waals surface area contributed by atoms with Crippen LogP contribution in [0.2, 0.25) is 0 Å². The Hall–Kier alpha value is -1.37. The van der Waals surface area contributed by atoms with Crippen molar-refractivity contribution in [3.63, 3.8) is 0 Å². The van der Waals surface area contributed by atoms with Crippen molar-refractivity contribution in [2.24, 2.45) is 5.92 Å². The van der Waals surface area contributed by atoms with Crippen molar-refractivity contribution < 1.29 is 23.9 Å². The molecule has 24 heavy (non-hydrogen) atoms. The van der Waals surface area contributed by atoms with Crippen molar-refractivity contribution in [3.8, 4) is 5.75 Å². The number of ether oxygens (including phenoxy) is 1. The molecule has 0 bridgehead atoms. The van der Waals surface area contributed by atoms with E-state index in [-0.39, 0.29) is 12.5 Å². The van der Waals surface area contributed by atoms with Crippen LogP contribution < -0.4 is 10.2 Å². The summed E-state index contributed by atoms with van der Waals surface area (Å²) in [6, 6.07) is 5.22. The first-order valence-electron chi connectivity index (χ1n) is 8.33. The van der Waals surface area contributed by atoms with Gasteiger partial charge in [0.25, 0.3) is 0 Å². The molecule has 0 radical (unpaired) electrons. The molecule has 2 rings (SSSR count). The minimum atomic E-state index is -0.692. The molecular formula is C18H27BO5. The van der Waals surface area contributed by atoms with Gasteiger partial charge in [0.1, 0.15) is 18.6 Å². The van der Waals surface area contributed by atoms with E-state index in [2.05, 4.69) is 0 Å². The predicted octanol–water partition coefficient (Wildman–Crippen LogP) is 2.19. The highest BCUT2D eigenvalue weighted by molar-refractivity contribution is 6.64. The largest absolute Gasteiger partial charge is 0.499 e. The van der Waals surface area contributed by atoms with Crippen molar-refractivity contribution in [2.75, 3.05) is 6.61 Å².